The minimum Gasteiger partial charge on any atom is -0.355 e. The van der Waals surface area contributed by atoms with Crippen molar-refractivity contribution in [3.63, 3.8) is 0 Å². The average molecular weight is 307 g/mol. The second kappa shape index (κ2) is 7.34. The lowest BCUT2D eigenvalue weighted by Gasteiger charge is -2.14. The SMILES string of the molecule is CCCCCc1ccc(Nc2ccccc2C(F)(F)F)cc1. The first-order valence-electron chi connectivity index (χ1n) is 7.53. The zero-order valence-corrected chi connectivity index (χ0v) is 12.6. The third-order valence-corrected chi connectivity index (χ3v) is 3.53. The van der Waals surface area contributed by atoms with E-state index in [0.717, 1.165) is 18.9 Å². The number of alkyl halides is 3. The summed E-state index contributed by atoms with van der Waals surface area (Å²) in [6.45, 7) is 2.16. The van der Waals surface area contributed by atoms with Gasteiger partial charge in [-0.25, -0.2) is 0 Å². The molecule has 1 nitrogen and oxygen atoms in total. The first kappa shape index (κ1) is 16.4. The van der Waals surface area contributed by atoms with E-state index in [0.29, 0.717) is 5.69 Å². The molecule has 0 radical (unpaired) electrons. The van der Waals surface area contributed by atoms with Crippen LogP contribution in [-0.4, -0.2) is 0 Å². The molecule has 2 rings (SSSR count). The fraction of sp³-hybridized carbons (Fsp3) is 0.333. The zero-order valence-electron chi connectivity index (χ0n) is 12.6. The van der Waals surface area contributed by atoms with Gasteiger partial charge in [-0.2, -0.15) is 13.2 Å². The van der Waals surface area contributed by atoms with Gasteiger partial charge in [0.25, 0.3) is 0 Å². The molecular weight excluding hydrogens is 287 g/mol. The molecule has 2 aromatic carbocycles. The number of hydrogen-bond acceptors (Lipinski definition) is 1. The van der Waals surface area contributed by atoms with Crippen molar-refractivity contribution >= 4 is 11.4 Å². The van der Waals surface area contributed by atoms with E-state index >= 15 is 0 Å². The number of aryl methyl sites for hydroxylation is 1. The van der Waals surface area contributed by atoms with Gasteiger partial charge in [0.05, 0.1) is 11.3 Å². The van der Waals surface area contributed by atoms with Gasteiger partial charge in [0, 0.05) is 5.69 Å². The summed E-state index contributed by atoms with van der Waals surface area (Å²) < 4.78 is 38.8. The van der Waals surface area contributed by atoms with E-state index in [2.05, 4.69) is 12.2 Å². The van der Waals surface area contributed by atoms with E-state index in [-0.39, 0.29) is 5.69 Å². The highest BCUT2D eigenvalue weighted by atomic mass is 19.4. The molecule has 0 fully saturated rings. The molecule has 0 aliphatic carbocycles. The van der Waals surface area contributed by atoms with Gasteiger partial charge in [-0.1, -0.05) is 44.0 Å². The molecule has 0 saturated carbocycles. The number of halogens is 3. The molecule has 0 atom stereocenters. The Balaban J connectivity index is 2.08. The number of unbranched alkanes of at least 4 members (excludes halogenated alkanes) is 2. The van der Waals surface area contributed by atoms with E-state index in [1.165, 1.54) is 30.5 Å². The lowest BCUT2D eigenvalue weighted by molar-refractivity contribution is -0.136. The summed E-state index contributed by atoms with van der Waals surface area (Å²) in [5.74, 6) is 0. The highest BCUT2D eigenvalue weighted by Gasteiger charge is 2.33. The monoisotopic (exact) mass is 307 g/mol. The van der Waals surface area contributed by atoms with Gasteiger partial charge < -0.3 is 5.32 Å². The summed E-state index contributed by atoms with van der Waals surface area (Å²) in [5, 5.41) is 2.85. The number of rotatable bonds is 6. The summed E-state index contributed by atoms with van der Waals surface area (Å²) in [5.41, 5.74) is 1.30. The lowest BCUT2D eigenvalue weighted by atomic mass is 10.1. The van der Waals surface area contributed by atoms with E-state index < -0.39 is 11.7 Å². The fourth-order valence-corrected chi connectivity index (χ4v) is 2.33. The van der Waals surface area contributed by atoms with Gasteiger partial charge in [-0.15, -0.1) is 0 Å². The number of anilines is 2. The Morgan fingerprint density at radius 3 is 2.23 bits per heavy atom. The van der Waals surface area contributed by atoms with Gasteiger partial charge in [0.2, 0.25) is 0 Å². The molecule has 0 spiro atoms. The summed E-state index contributed by atoms with van der Waals surface area (Å²) >= 11 is 0. The molecule has 0 aliphatic rings. The molecule has 0 unspecified atom stereocenters. The van der Waals surface area contributed by atoms with E-state index in [9.17, 15) is 13.2 Å². The molecule has 22 heavy (non-hydrogen) atoms. The molecule has 1 N–H and O–H groups in total. The highest BCUT2D eigenvalue weighted by Crippen LogP contribution is 2.35. The van der Waals surface area contributed by atoms with Gasteiger partial charge >= 0.3 is 6.18 Å². The van der Waals surface area contributed by atoms with Crippen molar-refractivity contribution in [1.29, 1.82) is 0 Å². The van der Waals surface area contributed by atoms with E-state index in [1.807, 2.05) is 24.3 Å². The quantitative estimate of drug-likeness (QED) is 0.628. The zero-order chi connectivity index (χ0) is 16.0. The Morgan fingerprint density at radius 1 is 0.909 bits per heavy atom. The van der Waals surface area contributed by atoms with Crippen molar-refractivity contribution in [3.8, 4) is 0 Å². The fourth-order valence-electron chi connectivity index (χ4n) is 2.33. The van der Waals surface area contributed by atoms with Gasteiger partial charge in [-0.3, -0.25) is 0 Å². The minimum atomic E-state index is -4.36. The molecule has 0 bridgehead atoms. The first-order valence-corrected chi connectivity index (χ1v) is 7.53. The number of benzene rings is 2. The van der Waals surface area contributed by atoms with Crippen LogP contribution in [0.25, 0.3) is 0 Å². The summed E-state index contributed by atoms with van der Waals surface area (Å²) in [7, 11) is 0. The van der Waals surface area contributed by atoms with Crippen molar-refractivity contribution in [2.75, 3.05) is 5.32 Å². The Morgan fingerprint density at radius 2 is 1.59 bits per heavy atom. The summed E-state index contributed by atoms with van der Waals surface area (Å²) in [4.78, 5) is 0. The lowest BCUT2D eigenvalue weighted by Crippen LogP contribution is -2.08. The molecule has 0 heterocycles. The molecule has 118 valence electrons. The van der Waals surface area contributed by atoms with Gasteiger partial charge in [0.1, 0.15) is 0 Å². The van der Waals surface area contributed by atoms with Crippen molar-refractivity contribution in [2.24, 2.45) is 0 Å². The molecule has 2 aromatic rings. The standard InChI is InChI=1S/C18H20F3N/c1-2-3-4-7-14-10-12-15(13-11-14)22-17-9-6-5-8-16(17)18(19,20)21/h5-6,8-13,22H,2-4,7H2,1H3. The normalized spacial score (nSPS) is 11.5. The van der Waals surface area contributed by atoms with Crippen LogP contribution in [0.3, 0.4) is 0 Å². The van der Waals surface area contributed by atoms with Crippen LogP contribution in [0.2, 0.25) is 0 Å². The largest absolute Gasteiger partial charge is 0.418 e. The summed E-state index contributed by atoms with van der Waals surface area (Å²) in [6, 6.07) is 13.1. The van der Waals surface area contributed by atoms with Crippen LogP contribution in [-0.2, 0) is 12.6 Å². The molecule has 0 aliphatic heterocycles. The Hall–Kier alpha value is -1.97. The first-order chi connectivity index (χ1) is 10.5. The second-order valence-electron chi connectivity index (χ2n) is 5.32. The van der Waals surface area contributed by atoms with Crippen molar-refractivity contribution in [2.45, 2.75) is 38.8 Å². The maximum absolute atomic E-state index is 12.9. The van der Waals surface area contributed by atoms with Crippen LogP contribution in [0.5, 0.6) is 0 Å². The average Bonchev–Trinajstić information content (AvgIpc) is 2.49. The van der Waals surface area contributed by atoms with Crippen LogP contribution >= 0.6 is 0 Å². The molecule has 0 aromatic heterocycles. The molecular formula is C18H20F3N. The third-order valence-electron chi connectivity index (χ3n) is 3.53. The van der Waals surface area contributed by atoms with Gasteiger partial charge in [0.15, 0.2) is 0 Å². The summed E-state index contributed by atoms with van der Waals surface area (Å²) in [6.07, 6.45) is 0.157. The second-order valence-corrected chi connectivity index (χ2v) is 5.32. The Labute approximate surface area is 129 Å². The Kier molecular flexibility index (Phi) is 5.47. The highest BCUT2D eigenvalue weighted by molar-refractivity contribution is 5.64. The Bertz CT molecular complexity index is 588. The van der Waals surface area contributed by atoms with E-state index in [1.54, 1.807) is 6.07 Å². The maximum Gasteiger partial charge on any atom is 0.418 e. The van der Waals surface area contributed by atoms with Crippen molar-refractivity contribution in [3.05, 3.63) is 59.7 Å². The predicted molar refractivity (Wildman–Crippen MR) is 84.4 cm³/mol. The molecule has 4 heteroatoms. The van der Waals surface area contributed by atoms with Crippen molar-refractivity contribution in [1.82, 2.24) is 0 Å². The smallest absolute Gasteiger partial charge is 0.355 e. The van der Waals surface area contributed by atoms with Crippen molar-refractivity contribution < 1.29 is 13.2 Å². The number of nitrogens with one attached hydrogen (secondary N) is 1. The number of hydrogen-bond donors (Lipinski definition) is 1. The third kappa shape index (κ3) is 4.52. The molecule has 0 amide bonds. The van der Waals surface area contributed by atoms with Crippen LogP contribution in [0, 0.1) is 0 Å². The van der Waals surface area contributed by atoms with Crippen LogP contribution < -0.4 is 5.32 Å². The van der Waals surface area contributed by atoms with Crippen LogP contribution in [0.15, 0.2) is 48.5 Å². The number of para-hydroxylation sites is 1. The van der Waals surface area contributed by atoms with E-state index in [4.69, 9.17) is 0 Å². The molecule has 0 saturated heterocycles. The van der Waals surface area contributed by atoms with Crippen LogP contribution in [0.4, 0.5) is 24.5 Å². The minimum absolute atomic E-state index is 0.0775. The topological polar surface area (TPSA) is 12.0 Å². The van der Waals surface area contributed by atoms with Gasteiger partial charge in [-0.05, 0) is 42.7 Å². The van der Waals surface area contributed by atoms with Crippen LogP contribution in [0.1, 0.15) is 37.3 Å². The maximum atomic E-state index is 12.9. The predicted octanol–water partition coefficient (Wildman–Crippen LogP) is 6.18.